The molecule has 0 aliphatic rings. The van der Waals surface area contributed by atoms with Crippen LogP contribution in [0.25, 0.3) is 6.08 Å². The molecule has 0 spiro atoms. The maximum absolute atomic E-state index is 12.7. The Hall–Kier alpha value is -2.52. The number of hydrogen-bond donors (Lipinski definition) is 3. The molecule has 9 heteroatoms. The minimum absolute atomic E-state index is 0.0325. The van der Waals surface area contributed by atoms with Gasteiger partial charge in [-0.25, -0.2) is 4.79 Å². The summed E-state index contributed by atoms with van der Waals surface area (Å²) in [6.07, 6.45) is 4.92. The smallest absolute Gasteiger partial charge is 0.326 e. The molecular weight excluding hydrogens is 448 g/mol. The molecule has 0 bridgehead atoms. The third-order valence-electron chi connectivity index (χ3n) is 3.61. The van der Waals surface area contributed by atoms with E-state index < -0.39 is 23.8 Å². The van der Waals surface area contributed by atoms with E-state index in [0.29, 0.717) is 11.3 Å². The van der Waals surface area contributed by atoms with Crippen molar-refractivity contribution < 1.29 is 23.9 Å². The number of rotatable bonds is 9. The Bertz CT molecular complexity index is 867. The first-order valence-electron chi connectivity index (χ1n) is 8.25. The van der Waals surface area contributed by atoms with E-state index in [1.165, 1.54) is 30.2 Å². The first-order chi connectivity index (χ1) is 13.4. The molecule has 1 aromatic carbocycles. The van der Waals surface area contributed by atoms with Crippen molar-refractivity contribution in [2.75, 3.05) is 12.0 Å². The number of nitrogens with one attached hydrogen (secondary N) is 2. The Kier molecular flexibility index (Phi) is 8.34. The third kappa shape index (κ3) is 6.58. The molecule has 1 heterocycles. The van der Waals surface area contributed by atoms with Crippen molar-refractivity contribution in [3.05, 3.63) is 64.2 Å². The largest absolute Gasteiger partial charge is 0.480 e. The molecule has 7 nitrogen and oxygen atoms in total. The van der Waals surface area contributed by atoms with Gasteiger partial charge >= 0.3 is 5.97 Å². The van der Waals surface area contributed by atoms with Gasteiger partial charge in [-0.15, -0.1) is 0 Å². The number of carboxylic acids is 1. The fourth-order valence-corrected chi connectivity index (χ4v) is 3.13. The topological polar surface area (TPSA) is 109 Å². The quantitative estimate of drug-likeness (QED) is 0.489. The zero-order valence-electron chi connectivity index (χ0n) is 15.0. The number of benzene rings is 1. The molecule has 2 aromatic rings. The molecule has 1 atom stereocenters. The minimum Gasteiger partial charge on any atom is -0.480 e. The Morgan fingerprint density at radius 1 is 1.29 bits per heavy atom. The zero-order chi connectivity index (χ0) is 20.5. The highest BCUT2D eigenvalue weighted by Gasteiger charge is 2.23. The van der Waals surface area contributed by atoms with Gasteiger partial charge in [-0.2, -0.15) is 11.8 Å². The van der Waals surface area contributed by atoms with Crippen LogP contribution in [0.2, 0.25) is 0 Å². The highest BCUT2D eigenvalue weighted by atomic mass is 79.9. The highest BCUT2D eigenvalue weighted by Crippen LogP contribution is 2.15. The second-order valence-corrected chi connectivity index (χ2v) is 7.59. The van der Waals surface area contributed by atoms with Crippen LogP contribution in [0.5, 0.6) is 0 Å². The molecule has 0 saturated heterocycles. The summed E-state index contributed by atoms with van der Waals surface area (Å²) >= 11 is 4.83. The van der Waals surface area contributed by atoms with Gasteiger partial charge in [-0.05, 0) is 54.3 Å². The number of carbonyl (C=O) groups is 3. The summed E-state index contributed by atoms with van der Waals surface area (Å²) in [5.74, 6) is -1.85. The lowest BCUT2D eigenvalue weighted by Gasteiger charge is -2.16. The van der Waals surface area contributed by atoms with E-state index in [9.17, 15) is 19.5 Å². The SMILES string of the molecule is CSCC[C@@H](NC(=O)/C(=C/c1cccc(Br)c1)NC(=O)c1ccco1)C(=O)O. The lowest BCUT2D eigenvalue weighted by Crippen LogP contribution is -2.44. The van der Waals surface area contributed by atoms with Crippen LogP contribution in [-0.4, -0.2) is 40.9 Å². The molecule has 2 rings (SSSR count). The van der Waals surface area contributed by atoms with E-state index in [1.807, 2.05) is 12.3 Å². The van der Waals surface area contributed by atoms with E-state index in [4.69, 9.17) is 4.42 Å². The average molecular weight is 467 g/mol. The summed E-state index contributed by atoms with van der Waals surface area (Å²) in [6, 6.07) is 9.05. The van der Waals surface area contributed by atoms with Gasteiger partial charge in [-0.3, -0.25) is 9.59 Å². The van der Waals surface area contributed by atoms with E-state index >= 15 is 0 Å². The van der Waals surface area contributed by atoms with Crippen molar-refractivity contribution in [2.45, 2.75) is 12.5 Å². The number of halogens is 1. The Balaban J connectivity index is 2.27. The monoisotopic (exact) mass is 466 g/mol. The number of carbonyl (C=O) groups excluding carboxylic acids is 2. The maximum Gasteiger partial charge on any atom is 0.326 e. The summed E-state index contributed by atoms with van der Waals surface area (Å²) in [5.41, 5.74) is 0.560. The Labute approximate surface area is 174 Å². The molecule has 2 amide bonds. The molecule has 0 aliphatic carbocycles. The fraction of sp³-hybridized carbons (Fsp3) is 0.211. The summed E-state index contributed by atoms with van der Waals surface area (Å²) < 4.78 is 5.84. The molecule has 3 N–H and O–H groups in total. The van der Waals surface area contributed by atoms with Gasteiger partial charge in [0.05, 0.1) is 6.26 Å². The molecule has 0 fully saturated rings. The molecule has 148 valence electrons. The number of hydrogen-bond acceptors (Lipinski definition) is 5. The van der Waals surface area contributed by atoms with Crippen molar-refractivity contribution in [1.82, 2.24) is 10.6 Å². The van der Waals surface area contributed by atoms with Crippen LogP contribution in [0.15, 0.2) is 57.2 Å². The van der Waals surface area contributed by atoms with Crippen LogP contribution in [0.3, 0.4) is 0 Å². The summed E-state index contributed by atoms with van der Waals surface area (Å²) in [6.45, 7) is 0. The second kappa shape index (κ2) is 10.7. The van der Waals surface area contributed by atoms with Gasteiger partial charge in [-0.1, -0.05) is 28.1 Å². The number of furan rings is 1. The molecular formula is C19H19BrN2O5S. The molecule has 0 radical (unpaired) electrons. The zero-order valence-corrected chi connectivity index (χ0v) is 17.4. The summed E-state index contributed by atoms with van der Waals surface area (Å²) in [7, 11) is 0. The Morgan fingerprint density at radius 3 is 2.68 bits per heavy atom. The van der Waals surface area contributed by atoms with E-state index in [1.54, 1.807) is 24.3 Å². The minimum atomic E-state index is -1.14. The summed E-state index contributed by atoms with van der Waals surface area (Å²) in [4.78, 5) is 36.4. The lowest BCUT2D eigenvalue weighted by molar-refractivity contribution is -0.141. The van der Waals surface area contributed by atoms with Crippen LogP contribution in [0.1, 0.15) is 22.5 Å². The molecule has 1 aromatic heterocycles. The number of aliphatic carboxylic acids is 1. The molecule has 28 heavy (non-hydrogen) atoms. The maximum atomic E-state index is 12.7. The fourth-order valence-electron chi connectivity index (χ4n) is 2.24. The van der Waals surface area contributed by atoms with Crippen LogP contribution in [-0.2, 0) is 9.59 Å². The van der Waals surface area contributed by atoms with Gasteiger partial charge < -0.3 is 20.2 Å². The van der Waals surface area contributed by atoms with Crippen LogP contribution >= 0.6 is 27.7 Å². The van der Waals surface area contributed by atoms with E-state index in [2.05, 4.69) is 26.6 Å². The van der Waals surface area contributed by atoms with Gasteiger partial charge in [0, 0.05) is 4.47 Å². The number of carboxylic acid groups (broad SMARTS) is 1. The van der Waals surface area contributed by atoms with Crippen LogP contribution < -0.4 is 10.6 Å². The van der Waals surface area contributed by atoms with Gasteiger partial charge in [0.2, 0.25) is 0 Å². The van der Waals surface area contributed by atoms with E-state index in [0.717, 1.165) is 4.47 Å². The normalized spacial score (nSPS) is 12.3. The predicted octanol–water partition coefficient (Wildman–Crippen LogP) is 3.14. The second-order valence-electron chi connectivity index (χ2n) is 5.69. The average Bonchev–Trinajstić information content (AvgIpc) is 3.19. The highest BCUT2D eigenvalue weighted by molar-refractivity contribution is 9.10. The third-order valence-corrected chi connectivity index (χ3v) is 4.75. The standard InChI is InChI=1S/C19H19BrN2O5S/c1-28-9-7-14(19(25)26)21-17(23)15(11-12-4-2-5-13(20)10-12)22-18(24)16-6-3-8-27-16/h2-6,8,10-11,14H,7,9H2,1H3,(H,21,23)(H,22,24)(H,25,26)/b15-11-/t14-/m1/s1. The first-order valence-corrected chi connectivity index (χ1v) is 10.4. The Morgan fingerprint density at radius 2 is 2.07 bits per heavy atom. The number of amides is 2. The van der Waals surface area contributed by atoms with E-state index in [-0.39, 0.29) is 17.9 Å². The van der Waals surface area contributed by atoms with Crippen molar-refractivity contribution in [1.29, 1.82) is 0 Å². The van der Waals surface area contributed by atoms with Gasteiger partial charge in [0.15, 0.2) is 5.76 Å². The van der Waals surface area contributed by atoms with Crippen molar-refractivity contribution in [3.63, 3.8) is 0 Å². The van der Waals surface area contributed by atoms with Gasteiger partial charge in [0.1, 0.15) is 11.7 Å². The predicted molar refractivity (Wildman–Crippen MR) is 111 cm³/mol. The molecule has 0 unspecified atom stereocenters. The lowest BCUT2D eigenvalue weighted by atomic mass is 10.1. The molecule has 0 aliphatic heterocycles. The summed E-state index contributed by atoms with van der Waals surface area (Å²) in [5, 5.41) is 14.3. The first kappa shape index (κ1) is 21.8. The number of thioether (sulfide) groups is 1. The van der Waals surface area contributed by atoms with Crippen molar-refractivity contribution in [2.24, 2.45) is 0 Å². The van der Waals surface area contributed by atoms with Crippen LogP contribution in [0.4, 0.5) is 0 Å². The van der Waals surface area contributed by atoms with Crippen molar-refractivity contribution >= 4 is 51.6 Å². The van der Waals surface area contributed by atoms with Crippen molar-refractivity contribution in [3.8, 4) is 0 Å². The molecule has 0 saturated carbocycles. The van der Waals surface area contributed by atoms with Crippen LogP contribution in [0, 0.1) is 0 Å². The van der Waals surface area contributed by atoms with Gasteiger partial charge in [0.25, 0.3) is 11.8 Å².